The molecule has 0 atom stereocenters. The van der Waals surface area contributed by atoms with Crippen LogP contribution in [0.25, 0.3) is 0 Å². The van der Waals surface area contributed by atoms with Crippen LogP contribution in [0.4, 0.5) is 0 Å². The van der Waals surface area contributed by atoms with E-state index in [2.05, 4.69) is 24.3 Å². The summed E-state index contributed by atoms with van der Waals surface area (Å²) in [5.74, 6) is 0.151. The first-order valence-electron chi connectivity index (χ1n) is 8.12. The summed E-state index contributed by atoms with van der Waals surface area (Å²) < 4.78 is 1.84. The molecule has 2 heterocycles. The minimum absolute atomic E-state index is 0.0826. The highest BCUT2D eigenvalue weighted by Gasteiger charge is 2.27. The Hall–Kier alpha value is -1.85. The van der Waals surface area contributed by atoms with Crippen LogP contribution in [0.5, 0.6) is 0 Å². The monoisotopic (exact) mass is 306 g/mol. The van der Waals surface area contributed by atoms with Gasteiger partial charge in [-0.05, 0) is 32.8 Å². The summed E-state index contributed by atoms with van der Waals surface area (Å²) in [5, 5.41) is 7.19. The number of nitrogens with one attached hydrogen (secondary N) is 1. The summed E-state index contributed by atoms with van der Waals surface area (Å²) in [7, 11) is 0. The Bertz CT molecular complexity index is 546. The maximum atomic E-state index is 12.5. The predicted octanol–water partition coefficient (Wildman–Crippen LogP) is 1.80. The van der Waals surface area contributed by atoms with Crippen LogP contribution in [0.1, 0.15) is 56.7 Å². The standard InChI is InChI=1S/C16H26N4O2/c1-5-12(6-2)16(22)19-7-8-20-13(10-19)9-14(18-20)15(21)17-11(3)4/h9,11-12H,5-8,10H2,1-4H3,(H,17,21). The van der Waals surface area contributed by atoms with E-state index in [-0.39, 0.29) is 23.8 Å². The number of hydrogen-bond donors (Lipinski definition) is 1. The van der Waals surface area contributed by atoms with Crippen molar-refractivity contribution in [2.24, 2.45) is 5.92 Å². The van der Waals surface area contributed by atoms with Crippen molar-refractivity contribution in [3.63, 3.8) is 0 Å². The minimum atomic E-state index is -0.158. The van der Waals surface area contributed by atoms with Gasteiger partial charge in [0.2, 0.25) is 5.91 Å². The van der Waals surface area contributed by atoms with Crippen molar-refractivity contribution >= 4 is 11.8 Å². The SMILES string of the molecule is CCC(CC)C(=O)N1CCn2nc(C(=O)NC(C)C)cc2C1. The molecule has 1 aliphatic rings. The van der Waals surface area contributed by atoms with Gasteiger partial charge in [-0.25, -0.2) is 0 Å². The zero-order valence-corrected chi connectivity index (χ0v) is 13.9. The van der Waals surface area contributed by atoms with Gasteiger partial charge in [-0.1, -0.05) is 13.8 Å². The second kappa shape index (κ2) is 6.94. The fourth-order valence-corrected chi connectivity index (χ4v) is 2.80. The average molecular weight is 306 g/mol. The van der Waals surface area contributed by atoms with Gasteiger partial charge in [-0.3, -0.25) is 14.3 Å². The molecule has 2 amide bonds. The van der Waals surface area contributed by atoms with Gasteiger partial charge < -0.3 is 10.2 Å². The fraction of sp³-hybridized carbons (Fsp3) is 0.688. The topological polar surface area (TPSA) is 67.2 Å². The van der Waals surface area contributed by atoms with E-state index in [1.54, 1.807) is 6.07 Å². The number of amides is 2. The number of nitrogens with zero attached hydrogens (tertiary/aromatic N) is 3. The van der Waals surface area contributed by atoms with E-state index in [0.717, 1.165) is 18.5 Å². The lowest BCUT2D eigenvalue weighted by Gasteiger charge is -2.30. The van der Waals surface area contributed by atoms with Crippen LogP contribution in [0.15, 0.2) is 6.07 Å². The Balaban J connectivity index is 2.09. The first-order valence-corrected chi connectivity index (χ1v) is 8.12. The van der Waals surface area contributed by atoms with Crippen molar-refractivity contribution in [3.8, 4) is 0 Å². The molecule has 6 heteroatoms. The number of aromatic nitrogens is 2. The highest BCUT2D eigenvalue weighted by atomic mass is 16.2. The molecule has 0 spiro atoms. The van der Waals surface area contributed by atoms with Gasteiger partial charge in [0.25, 0.3) is 5.91 Å². The van der Waals surface area contributed by atoms with Crippen molar-refractivity contribution in [2.75, 3.05) is 6.54 Å². The Labute approximate surface area is 131 Å². The second-order valence-corrected chi connectivity index (χ2v) is 6.15. The number of carbonyl (C=O) groups is 2. The third-order valence-corrected chi connectivity index (χ3v) is 4.10. The maximum Gasteiger partial charge on any atom is 0.271 e. The average Bonchev–Trinajstić information content (AvgIpc) is 2.90. The van der Waals surface area contributed by atoms with Crippen LogP contribution >= 0.6 is 0 Å². The highest BCUT2D eigenvalue weighted by Crippen LogP contribution is 2.19. The lowest BCUT2D eigenvalue weighted by atomic mass is 10.0. The normalized spacial score (nSPS) is 14.4. The molecule has 6 nitrogen and oxygen atoms in total. The van der Waals surface area contributed by atoms with Gasteiger partial charge >= 0.3 is 0 Å². The van der Waals surface area contributed by atoms with Crippen LogP contribution in [0, 0.1) is 5.92 Å². The molecule has 2 rings (SSSR count). The van der Waals surface area contributed by atoms with E-state index >= 15 is 0 Å². The van der Waals surface area contributed by atoms with Crippen LogP contribution in [0.3, 0.4) is 0 Å². The first-order chi connectivity index (χ1) is 10.5. The summed E-state index contributed by atoms with van der Waals surface area (Å²) in [4.78, 5) is 26.4. The largest absolute Gasteiger partial charge is 0.348 e. The molecule has 122 valence electrons. The van der Waals surface area contributed by atoms with Gasteiger partial charge in [0.1, 0.15) is 0 Å². The summed E-state index contributed by atoms with van der Waals surface area (Å²) in [6.07, 6.45) is 1.74. The van der Waals surface area contributed by atoms with E-state index in [1.807, 2.05) is 23.4 Å². The summed E-state index contributed by atoms with van der Waals surface area (Å²) in [6.45, 7) is 9.79. The zero-order chi connectivity index (χ0) is 16.3. The molecule has 0 aromatic carbocycles. The molecule has 1 aromatic rings. The Morgan fingerprint density at radius 1 is 1.27 bits per heavy atom. The molecule has 0 bridgehead atoms. The van der Waals surface area contributed by atoms with Gasteiger partial charge in [-0.2, -0.15) is 5.10 Å². The number of carbonyl (C=O) groups excluding carboxylic acids is 2. The quantitative estimate of drug-likeness (QED) is 0.902. The summed E-state index contributed by atoms with van der Waals surface area (Å²) in [5.41, 5.74) is 1.36. The molecule has 0 fully saturated rings. The molecule has 1 aliphatic heterocycles. The zero-order valence-electron chi connectivity index (χ0n) is 13.9. The van der Waals surface area contributed by atoms with Gasteiger partial charge in [0.05, 0.1) is 18.8 Å². The van der Waals surface area contributed by atoms with E-state index in [0.29, 0.717) is 25.3 Å². The lowest BCUT2D eigenvalue weighted by molar-refractivity contribution is -0.137. The van der Waals surface area contributed by atoms with Crippen molar-refractivity contribution in [1.82, 2.24) is 20.0 Å². The second-order valence-electron chi connectivity index (χ2n) is 6.15. The van der Waals surface area contributed by atoms with Crippen LogP contribution in [-0.4, -0.2) is 39.1 Å². The maximum absolute atomic E-state index is 12.5. The summed E-state index contributed by atoms with van der Waals surface area (Å²) >= 11 is 0. The predicted molar refractivity (Wildman–Crippen MR) is 84.3 cm³/mol. The van der Waals surface area contributed by atoms with E-state index in [1.165, 1.54) is 0 Å². The molecule has 0 saturated carbocycles. The molecular formula is C16H26N4O2. The van der Waals surface area contributed by atoms with E-state index in [4.69, 9.17) is 0 Å². The number of fused-ring (bicyclic) bond motifs is 1. The molecule has 0 saturated heterocycles. The molecule has 22 heavy (non-hydrogen) atoms. The van der Waals surface area contributed by atoms with Crippen LogP contribution in [0.2, 0.25) is 0 Å². The smallest absolute Gasteiger partial charge is 0.271 e. The molecule has 0 aliphatic carbocycles. The third kappa shape index (κ3) is 3.48. The third-order valence-electron chi connectivity index (χ3n) is 4.10. The summed E-state index contributed by atoms with van der Waals surface area (Å²) in [6, 6.07) is 1.88. The van der Waals surface area contributed by atoms with Crippen LogP contribution < -0.4 is 5.32 Å². The van der Waals surface area contributed by atoms with Crippen LogP contribution in [-0.2, 0) is 17.9 Å². The highest BCUT2D eigenvalue weighted by molar-refractivity contribution is 5.92. The lowest BCUT2D eigenvalue weighted by Crippen LogP contribution is -2.41. The molecular weight excluding hydrogens is 280 g/mol. The molecule has 0 radical (unpaired) electrons. The Morgan fingerprint density at radius 2 is 1.95 bits per heavy atom. The van der Waals surface area contributed by atoms with E-state index in [9.17, 15) is 9.59 Å². The van der Waals surface area contributed by atoms with Crippen molar-refractivity contribution in [3.05, 3.63) is 17.5 Å². The molecule has 0 unspecified atom stereocenters. The molecule has 1 N–H and O–H groups in total. The number of hydrogen-bond acceptors (Lipinski definition) is 3. The van der Waals surface area contributed by atoms with Crippen molar-refractivity contribution in [2.45, 2.75) is 59.7 Å². The minimum Gasteiger partial charge on any atom is -0.348 e. The van der Waals surface area contributed by atoms with Crippen molar-refractivity contribution < 1.29 is 9.59 Å². The van der Waals surface area contributed by atoms with E-state index < -0.39 is 0 Å². The fourth-order valence-electron chi connectivity index (χ4n) is 2.80. The first kappa shape index (κ1) is 16.5. The van der Waals surface area contributed by atoms with Crippen molar-refractivity contribution in [1.29, 1.82) is 0 Å². The van der Waals surface area contributed by atoms with Gasteiger partial charge in [-0.15, -0.1) is 0 Å². The van der Waals surface area contributed by atoms with Gasteiger partial charge in [0, 0.05) is 18.5 Å². The Kier molecular flexibility index (Phi) is 5.21. The molecule has 1 aromatic heterocycles. The number of rotatable bonds is 5. The van der Waals surface area contributed by atoms with Gasteiger partial charge in [0.15, 0.2) is 5.69 Å². The Morgan fingerprint density at radius 3 is 2.55 bits per heavy atom.